The minimum atomic E-state index is -0.261. The van der Waals surface area contributed by atoms with Crippen LogP contribution in [0.1, 0.15) is 74.1 Å². The normalized spacial score (nSPS) is 26.6. The summed E-state index contributed by atoms with van der Waals surface area (Å²) in [6.45, 7) is 3.40. The van der Waals surface area contributed by atoms with Crippen molar-refractivity contribution in [1.82, 2.24) is 15.1 Å². The zero-order valence-electron chi connectivity index (χ0n) is 18.8. The van der Waals surface area contributed by atoms with E-state index in [0.29, 0.717) is 19.1 Å². The highest BCUT2D eigenvalue weighted by Crippen LogP contribution is 2.37. The van der Waals surface area contributed by atoms with Gasteiger partial charge in [-0.2, -0.15) is 5.10 Å². The lowest BCUT2D eigenvalue weighted by Crippen LogP contribution is -2.50. The molecule has 0 radical (unpaired) electrons. The van der Waals surface area contributed by atoms with E-state index in [9.17, 15) is 4.79 Å². The average molecular weight is 426 g/mol. The van der Waals surface area contributed by atoms with Gasteiger partial charge < -0.3 is 14.4 Å². The number of H-pyrrole nitrogens is 1. The van der Waals surface area contributed by atoms with Crippen LogP contribution in [0, 0.1) is 0 Å². The maximum absolute atomic E-state index is 12.5. The third-order valence-corrected chi connectivity index (χ3v) is 7.14. The summed E-state index contributed by atoms with van der Waals surface area (Å²) in [5.74, 6) is 0.832. The van der Waals surface area contributed by atoms with Crippen molar-refractivity contribution in [3.05, 3.63) is 53.3 Å². The van der Waals surface area contributed by atoms with Gasteiger partial charge in [-0.25, -0.2) is 4.79 Å². The number of amides is 1. The number of rotatable bonds is 6. The van der Waals surface area contributed by atoms with Gasteiger partial charge in [-0.3, -0.25) is 5.10 Å². The highest BCUT2D eigenvalue weighted by atomic mass is 16.5. The SMILES string of the molecule is CCc1cn[nH]c1[C@@H]1CCCN(C(=O)OC)C1COC1CCC(c2ccccc2)CC1. The highest BCUT2D eigenvalue weighted by Gasteiger charge is 2.38. The molecule has 4 rings (SSSR count). The monoisotopic (exact) mass is 425 g/mol. The fourth-order valence-corrected chi connectivity index (χ4v) is 5.39. The van der Waals surface area contributed by atoms with Crippen molar-refractivity contribution in [2.75, 3.05) is 20.3 Å². The Morgan fingerprint density at radius 1 is 1.16 bits per heavy atom. The molecule has 1 saturated heterocycles. The van der Waals surface area contributed by atoms with Crippen LogP contribution in [0.3, 0.4) is 0 Å². The van der Waals surface area contributed by atoms with E-state index < -0.39 is 0 Å². The third-order valence-electron chi connectivity index (χ3n) is 7.14. The Labute approximate surface area is 185 Å². The molecule has 2 atom stereocenters. The number of piperidine rings is 1. The molecule has 1 N–H and O–H groups in total. The zero-order chi connectivity index (χ0) is 21.6. The van der Waals surface area contributed by atoms with Gasteiger partial charge in [-0.05, 0) is 62.0 Å². The summed E-state index contributed by atoms with van der Waals surface area (Å²) >= 11 is 0. The number of hydrogen-bond acceptors (Lipinski definition) is 4. The lowest BCUT2D eigenvalue weighted by atomic mass is 9.82. The van der Waals surface area contributed by atoms with Crippen molar-refractivity contribution in [3.63, 3.8) is 0 Å². The van der Waals surface area contributed by atoms with Crippen LogP contribution in [0.25, 0.3) is 0 Å². The van der Waals surface area contributed by atoms with Gasteiger partial charge in [-0.1, -0.05) is 37.3 Å². The summed E-state index contributed by atoms with van der Waals surface area (Å²) in [6.07, 6.45) is 9.27. The molecule has 2 heterocycles. The topological polar surface area (TPSA) is 67.5 Å². The molecule has 6 heteroatoms. The van der Waals surface area contributed by atoms with Gasteiger partial charge in [0, 0.05) is 18.2 Å². The minimum Gasteiger partial charge on any atom is -0.453 e. The van der Waals surface area contributed by atoms with Crippen LogP contribution in [0.15, 0.2) is 36.5 Å². The lowest BCUT2D eigenvalue weighted by molar-refractivity contribution is -0.0243. The number of carbonyl (C=O) groups excluding carboxylic acids is 1. The van der Waals surface area contributed by atoms with Gasteiger partial charge in [0.05, 0.1) is 32.1 Å². The van der Waals surface area contributed by atoms with Crippen LogP contribution in [-0.4, -0.2) is 53.6 Å². The first-order valence-electron chi connectivity index (χ1n) is 11.7. The van der Waals surface area contributed by atoms with Crippen molar-refractivity contribution >= 4 is 6.09 Å². The second-order valence-corrected chi connectivity index (χ2v) is 8.86. The number of ether oxygens (including phenoxy) is 2. The molecule has 2 aliphatic rings. The second-order valence-electron chi connectivity index (χ2n) is 8.86. The van der Waals surface area contributed by atoms with E-state index in [1.165, 1.54) is 18.2 Å². The zero-order valence-corrected chi connectivity index (χ0v) is 18.8. The average Bonchev–Trinajstić information content (AvgIpc) is 3.31. The van der Waals surface area contributed by atoms with Crippen molar-refractivity contribution in [2.24, 2.45) is 0 Å². The number of benzene rings is 1. The van der Waals surface area contributed by atoms with Crippen molar-refractivity contribution in [2.45, 2.75) is 75.9 Å². The van der Waals surface area contributed by atoms with E-state index in [-0.39, 0.29) is 24.2 Å². The summed E-state index contributed by atoms with van der Waals surface area (Å²) in [4.78, 5) is 14.4. The quantitative estimate of drug-likeness (QED) is 0.705. The second kappa shape index (κ2) is 10.3. The molecular formula is C25H35N3O3. The molecule has 1 amide bonds. The Hall–Kier alpha value is -2.34. The van der Waals surface area contributed by atoms with Gasteiger partial charge in [0.25, 0.3) is 0 Å². The molecule has 1 aromatic heterocycles. The van der Waals surface area contributed by atoms with E-state index in [1.54, 1.807) is 0 Å². The smallest absolute Gasteiger partial charge is 0.409 e. The Morgan fingerprint density at radius 2 is 1.94 bits per heavy atom. The molecule has 1 aliphatic carbocycles. The van der Waals surface area contributed by atoms with Gasteiger partial charge >= 0.3 is 6.09 Å². The largest absolute Gasteiger partial charge is 0.453 e. The summed E-state index contributed by atoms with van der Waals surface area (Å²) in [6, 6.07) is 10.8. The van der Waals surface area contributed by atoms with E-state index in [0.717, 1.165) is 50.6 Å². The molecular weight excluding hydrogens is 390 g/mol. The number of nitrogens with zero attached hydrogens (tertiary/aromatic N) is 2. The van der Waals surface area contributed by atoms with Gasteiger partial charge in [0.2, 0.25) is 0 Å². The van der Waals surface area contributed by atoms with E-state index >= 15 is 0 Å². The van der Waals surface area contributed by atoms with E-state index in [4.69, 9.17) is 9.47 Å². The highest BCUT2D eigenvalue weighted by molar-refractivity contribution is 5.68. The third kappa shape index (κ3) is 4.95. The lowest BCUT2D eigenvalue weighted by Gasteiger charge is -2.41. The van der Waals surface area contributed by atoms with Gasteiger partial charge in [0.15, 0.2) is 0 Å². The Morgan fingerprint density at radius 3 is 2.65 bits per heavy atom. The molecule has 2 fully saturated rings. The fourth-order valence-electron chi connectivity index (χ4n) is 5.39. The molecule has 6 nitrogen and oxygen atoms in total. The number of methoxy groups -OCH3 is 1. The summed E-state index contributed by atoms with van der Waals surface area (Å²) in [5, 5.41) is 7.49. The van der Waals surface area contributed by atoms with Crippen LogP contribution in [0.2, 0.25) is 0 Å². The summed E-state index contributed by atoms with van der Waals surface area (Å²) in [5.41, 5.74) is 3.82. The number of aromatic nitrogens is 2. The first-order valence-corrected chi connectivity index (χ1v) is 11.7. The first kappa shape index (κ1) is 21.9. The first-order chi connectivity index (χ1) is 15.2. The van der Waals surface area contributed by atoms with Crippen LogP contribution < -0.4 is 0 Å². The van der Waals surface area contributed by atoms with Gasteiger partial charge in [-0.15, -0.1) is 0 Å². The molecule has 0 bridgehead atoms. The standard InChI is InChI=1S/C25H35N3O3/c1-3-18-16-26-27-24(18)22-10-7-15-28(25(29)30-2)23(22)17-31-21-13-11-20(12-14-21)19-8-5-4-6-9-19/h4-6,8-9,16,20-23H,3,7,10-15,17H2,1-2H3,(H,26,27)/t20?,21?,22-,23?/m1/s1. The van der Waals surface area contributed by atoms with E-state index in [2.05, 4.69) is 47.5 Å². The number of likely N-dealkylation sites (tertiary alicyclic amines) is 1. The predicted octanol–water partition coefficient (Wildman–Crippen LogP) is 5.03. The molecule has 31 heavy (non-hydrogen) atoms. The van der Waals surface area contributed by atoms with Crippen LogP contribution >= 0.6 is 0 Å². The molecule has 2 aromatic rings. The molecule has 1 aromatic carbocycles. The van der Waals surface area contributed by atoms with Gasteiger partial charge in [0.1, 0.15) is 0 Å². The summed E-state index contributed by atoms with van der Waals surface area (Å²) in [7, 11) is 1.46. The number of hydrogen-bond donors (Lipinski definition) is 1. The van der Waals surface area contributed by atoms with Crippen molar-refractivity contribution in [1.29, 1.82) is 0 Å². The van der Waals surface area contributed by atoms with E-state index in [1.807, 2.05) is 11.1 Å². The fraction of sp³-hybridized carbons (Fsp3) is 0.600. The maximum Gasteiger partial charge on any atom is 0.409 e. The molecule has 168 valence electrons. The minimum absolute atomic E-state index is 0.0289. The number of nitrogens with one attached hydrogen (secondary N) is 1. The van der Waals surface area contributed by atoms with Crippen LogP contribution in [0.5, 0.6) is 0 Å². The van der Waals surface area contributed by atoms with Crippen LogP contribution in [-0.2, 0) is 15.9 Å². The molecule has 1 aliphatic heterocycles. The van der Waals surface area contributed by atoms with Crippen molar-refractivity contribution in [3.8, 4) is 0 Å². The molecule has 0 spiro atoms. The molecule has 1 saturated carbocycles. The Bertz CT molecular complexity index is 830. The van der Waals surface area contributed by atoms with Crippen molar-refractivity contribution < 1.29 is 14.3 Å². The Kier molecular flexibility index (Phi) is 7.28. The maximum atomic E-state index is 12.5. The summed E-state index contributed by atoms with van der Waals surface area (Å²) < 4.78 is 11.6. The predicted molar refractivity (Wildman–Crippen MR) is 120 cm³/mol. The number of carbonyl (C=O) groups is 1. The number of aryl methyl sites for hydroxylation is 1. The van der Waals surface area contributed by atoms with Crippen LogP contribution in [0.4, 0.5) is 4.79 Å². The number of aromatic amines is 1. The molecule has 1 unspecified atom stereocenters. The Balaban J connectivity index is 1.41.